The number of amides is 1. The van der Waals surface area contributed by atoms with E-state index in [0.29, 0.717) is 13.0 Å². The summed E-state index contributed by atoms with van der Waals surface area (Å²) in [5.41, 5.74) is 1.91. The fraction of sp³-hybridized carbons (Fsp3) is 0.300. The molecule has 0 spiro atoms. The summed E-state index contributed by atoms with van der Waals surface area (Å²) in [7, 11) is 0. The van der Waals surface area contributed by atoms with Crippen LogP contribution < -0.4 is 10.1 Å². The van der Waals surface area contributed by atoms with E-state index < -0.39 is 0 Å². The number of benzene rings is 1. The molecule has 1 aromatic rings. The zero-order valence-corrected chi connectivity index (χ0v) is 7.46. The van der Waals surface area contributed by atoms with Gasteiger partial charge in [0.2, 0.25) is 5.91 Å². The highest BCUT2D eigenvalue weighted by Gasteiger charge is 2.12. The van der Waals surface area contributed by atoms with Gasteiger partial charge in [0.25, 0.3) is 0 Å². The van der Waals surface area contributed by atoms with Gasteiger partial charge in [-0.05, 0) is 24.6 Å². The van der Waals surface area contributed by atoms with Crippen molar-refractivity contribution in [3.05, 3.63) is 23.8 Å². The average Bonchev–Trinajstić information content (AvgIpc) is 2.25. The van der Waals surface area contributed by atoms with Gasteiger partial charge < -0.3 is 10.1 Å². The van der Waals surface area contributed by atoms with Gasteiger partial charge in [-0.15, -0.1) is 0 Å². The van der Waals surface area contributed by atoms with Crippen LogP contribution in [0, 0.1) is 6.92 Å². The molecule has 0 fully saturated rings. The van der Waals surface area contributed by atoms with Gasteiger partial charge in [-0.25, -0.2) is 0 Å². The Morgan fingerprint density at radius 2 is 2.31 bits per heavy atom. The standard InChI is InChI=1S/C10H11NO2/c1-7-2-3-8-9(6-7)13-5-4-10(12)11-8/h2-3,6H,4-5H2,1H3,(H,11,12). The SMILES string of the molecule is Cc1ccc2c(c1)OCCC(=O)N2. The van der Waals surface area contributed by atoms with Crippen LogP contribution >= 0.6 is 0 Å². The second-order valence-corrected chi connectivity index (χ2v) is 3.15. The molecule has 0 unspecified atom stereocenters. The summed E-state index contributed by atoms with van der Waals surface area (Å²) >= 11 is 0. The summed E-state index contributed by atoms with van der Waals surface area (Å²) in [5, 5.41) is 2.79. The quantitative estimate of drug-likeness (QED) is 0.655. The van der Waals surface area contributed by atoms with Crippen molar-refractivity contribution in [2.75, 3.05) is 11.9 Å². The molecule has 13 heavy (non-hydrogen) atoms. The topological polar surface area (TPSA) is 38.3 Å². The van der Waals surface area contributed by atoms with Crippen LogP contribution in [0.4, 0.5) is 5.69 Å². The lowest BCUT2D eigenvalue weighted by Crippen LogP contribution is -2.10. The number of anilines is 1. The van der Waals surface area contributed by atoms with E-state index in [1.54, 1.807) is 0 Å². The van der Waals surface area contributed by atoms with E-state index in [4.69, 9.17) is 4.74 Å². The van der Waals surface area contributed by atoms with Crippen molar-refractivity contribution in [2.45, 2.75) is 13.3 Å². The molecular formula is C10H11NO2. The Kier molecular flexibility index (Phi) is 1.93. The summed E-state index contributed by atoms with van der Waals surface area (Å²) in [6, 6.07) is 5.75. The second kappa shape index (κ2) is 3.09. The lowest BCUT2D eigenvalue weighted by molar-refractivity contribution is -0.116. The molecule has 0 bridgehead atoms. The molecule has 1 N–H and O–H groups in total. The predicted octanol–water partition coefficient (Wildman–Crippen LogP) is 1.72. The molecule has 0 saturated carbocycles. The number of fused-ring (bicyclic) bond motifs is 1. The molecule has 1 heterocycles. The van der Waals surface area contributed by atoms with Crippen molar-refractivity contribution in [3.8, 4) is 5.75 Å². The van der Waals surface area contributed by atoms with Gasteiger partial charge >= 0.3 is 0 Å². The highest BCUT2D eigenvalue weighted by atomic mass is 16.5. The van der Waals surface area contributed by atoms with Crippen molar-refractivity contribution < 1.29 is 9.53 Å². The largest absolute Gasteiger partial charge is 0.491 e. The van der Waals surface area contributed by atoms with Crippen LogP contribution in [0.15, 0.2) is 18.2 Å². The van der Waals surface area contributed by atoms with Gasteiger partial charge in [0.1, 0.15) is 5.75 Å². The minimum Gasteiger partial charge on any atom is -0.491 e. The summed E-state index contributed by atoms with van der Waals surface area (Å²) < 4.78 is 5.42. The first-order valence-corrected chi connectivity index (χ1v) is 4.29. The van der Waals surface area contributed by atoms with Crippen molar-refractivity contribution in [1.29, 1.82) is 0 Å². The molecule has 0 atom stereocenters. The molecular weight excluding hydrogens is 166 g/mol. The smallest absolute Gasteiger partial charge is 0.227 e. The van der Waals surface area contributed by atoms with E-state index in [2.05, 4.69) is 5.32 Å². The minimum atomic E-state index is 0.0163. The maximum absolute atomic E-state index is 11.1. The Balaban J connectivity index is 2.40. The highest BCUT2D eigenvalue weighted by molar-refractivity contribution is 5.93. The average molecular weight is 177 g/mol. The van der Waals surface area contributed by atoms with Crippen LogP contribution in [0.1, 0.15) is 12.0 Å². The third kappa shape index (κ3) is 1.64. The maximum atomic E-state index is 11.1. The minimum absolute atomic E-state index is 0.0163. The zero-order chi connectivity index (χ0) is 9.26. The fourth-order valence-electron chi connectivity index (χ4n) is 1.32. The van der Waals surface area contributed by atoms with Crippen molar-refractivity contribution in [2.24, 2.45) is 0 Å². The highest BCUT2D eigenvalue weighted by Crippen LogP contribution is 2.27. The van der Waals surface area contributed by atoms with Gasteiger partial charge in [-0.2, -0.15) is 0 Å². The Morgan fingerprint density at radius 3 is 3.15 bits per heavy atom. The van der Waals surface area contributed by atoms with Gasteiger partial charge in [-0.3, -0.25) is 4.79 Å². The first-order chi connectivity index (χ1) is 6.25. The van der Waals surface area contributed by atoms with Gasteiger partial charge in [0.15, 0.2) is 0 Å². The molecule has 3 heteroatoms. The van der Waals surface area contributed by atoms with Crippen LogP contribution in [0.5, 0.6) is 5.75 Å². The maximum Gasteiger partial charge on any atom is 0.227 e. The van der Waals surface area contributed by atoms with Gasteiger partial charge in [0, 0.05) is 0 Å². The summed E-state index contributed by atoms with van der Waals surface area (Å²) in [5.74, 6) is 0.786. The third-order valence-electron chi connectivity index (χ3n) is 2.00. The Labute approximate surface area is 76.7 Å². The van der Waals surface area contributed by atoms with E-state index >= 15 is 0 Å². The van der Waals surface area contributed by atoms with Gasteiger partial charge in [-0.1, -0.05) is 6.07 Å². The molecule has 3 nitrogen and oxygen atoms in total. The number of aryl methyl sites for hydroxylation is 1. The summed E-state index contributed by atoms with van der Waals surface area (Å²) in [6.07, 6.45) is 0.424. The summed E-state index contributed by atoms with van der Waals surface area (Å²) in [4.78, 5) is 11.1. The molecule has 2 rings (SSSR count). The predicted molar refractivity (Wildman–Crippen MR) is 49.9 cm³/mol. The molecule has 0 aliphatic carbocycles. The van der Waals surface area contributed by atoms with E-state index in [1.807, 2.05) is 25.1 Å². The van der Waals surface area contributed by atoms with Crippen LogP contribution in [0.3, 0.4) is 0 Å². The Bertz CT molecular complexity index is 347. The molecule has 68 valence electrons. The van der Waals surface area contributed by atoms with Gasteiger partial charge in [0.05, 0.1) is 18.7 Å². The van der Waals surface area contributed by atoms with Crippen LogP contribution in [0.2, 0.25) is 0 Å². The molecule has 1 aliphatic heterocycles. The number of nitrogens with one attached hydrogen (secondary N) is 1. The molecule has 1 aromatic carbocycles. The first kappa shape index (κ1) is 8.10. The zero-order valence-electron chi connectivity index (χ0n) is 7.46. The lowest BCUT2D eigenvalue weighted by atomic mass is 10.2. The lowest BCUT2D eigenvalue weighted by Gasteiger charge is -2.06. The number of ether oxygens (including phenoxy) is 1. The number of rotatable bonds is 0. The van der Waals surface area contributed by atoms with Crippen LogP contribution in [-0.2, 0) is 4.79 Å². The molecule has 0 saturated heterocycles. The molecule has 0 radical (unpaired) electrons. The molecule has 1 amide bonds. The number of hydrogen-bond donors (Lipinski definition) is 1. The van der Waals surface area contributed by atoms with Crippen molar-refractivity contribution in [3.63, 3.8) is 0 Å². The second-order valence-electron chi connectivity index (χ2n) is 3.15. The third-order valence-corrected chi connectivity index (χ3v) is 2.00. The molecule has 1 aliphatic rings. The van der Waals surface area contributed by atoms with E-state index in [9.17, 15) is 4.79 Å². The number of carbonyl (C=O) groups is 1. The van der Waals surface area contributed by atoms with Crippen LogP contribution in [-0.4, -0.2) is 12.5 Å². The monoisotopic (exact) mass is 177 g/mol. The Hall–Kier alpha value is -1.51. The van der Waals surface area contributed by atoms with E-state index in [0.717, 1.165) is 17.0 Å². The number of hydrogen-bond acceptors (Lipinski definition) is 2. The normalized spacial score (nSPS) is 15.3. The van der Waals surface area contributed by atoms with Crippen molar-refractivity contribution >= 4 is 11.6 Å². The van der Waals surface area contributed by atoms with E-state index in [1.165, 1.54) is 0 Å². The van der Waals surface area contributed by atoms with E-state index in [-0.39, 0.29) is 5.91 Å². The van der Waals surface area contributed by atoms with Crippen LogP contribution in [0.25, 0.3) is 0 Å². The molecule has 0 aromatic heterocycles. The first-order valence-electron chi connectivity index (χ1n) is 4.29. The fourth-order valence-corrected chi connectivity index (χ4v) is 1.32. The number of carbonyl (C=O) groups excluding carboxylic acids is 1. The Morgan fingerprint density at radius 1 is 1.46 bits per heavy atom. The van der Waals surface area contributed by atoms with Crippen molar-refractivity contribution in [1.82, 2.24) is 0 Å². The summed E-state index contributed by atoms with van der Waals surface area (Å²) in [6.45, 7) is 2.46.